The number of hydrogen-bond acceptors (Lipinski definition) is 5. The summed E-state index contributed by atoms with van der Waals surface area (Å²) in [4.78, 5) is 24.5. The van der Waals surface area contributed by atoms with Gasteiger partial charge in [0, 0.05) is 17.0 Å². The second kappa shape index (κ2) is 8.71. The molecule has 0 saturated carbocycles. The van der Waals surface area contributed by atoms with Gasteiger partial charge in [-0.1, -0.05) is 12.1 Å². The topological polar surface area (TPSA) is 79.2 Å². The Kier molecular flexibility index (Phi) is 6.33. The molecule has 1 heterocycles. The summed E-state index contributed by atoms with van der Waals surface area (Å²) in [6.45, 7) is -0.325. The fourth-order valence-corrected chi connectivity index (χ4v) is 2.69. The van der Waals surface area contributed by atoms with Crippen LogP contribution in [0.15, 0.2) is 41.8 Å². The van der Waals surface area contributed by atoms with Gasteiger partial charge in [-0.15, -0.1) is 11.3 Å². The maximum absolute atomic E-state index is 11.7. The van der Waals surface area contributed by atoms with Crippen molar-refractivity contribution in [3.8, 4) is 6.07 Å². The number of carbonyl (C=O) groups excluding carboxylic acids is 2. The van der Waals surface area contributed by atoms with E-state index in [4.69, 9.17) is 10.00 Å². The number of nitrogens with one attached hydrogen (secondary N) is 1. The summed E-state index contributed by atoms with van der Waals surface area (Å²) in [5, 5.41) is 13.4. The Hall–Kier alpha value is -2.65. The van der Waals surface area contributed by atoms with E-state index in [1.165, 1.54) is 4.88 Å². The highest BCUT2D eigenvalue weighted by molar-refractivity contribution is 7.09. The Balaban J connectivity index is 1.67. The molecule has 0 saturated heterocycles. The summed E-state index contributed by atoms with van der Waals surface area (Å²) in [5.74, 6) is -0.811. The molecule has 0 aliphatic heterocycles. The predicted molar refractivity (Wildman–Crippen MR) is 88.0 cm³/mol. The number of amides is 1. The van der Waals surface area contributed by atoms with Crippen molar-refractivity contribution in [2.24, 2.45) is 0 Å². The monoisotopic (exact) mass is 328 g/mol. The van der Waals surface area contributed by atoms with Crippen LogP contribution >= 0.6 is 11.3 Å². The standard InChI is InChI=1S/C17H16N2O3S/c18-11-13-4-1-5-14(10-13)19-16(20)12-22-17(21)8-2-6-15-7-3-9-23-15/h1,3-5,7,9-10H,2,6,8,12H2,(H,19,20). The van der Waals surface area contributed by atoms with Crippen molar-refractivity contribution >= 4 is 28.9 Å². The van der Waals surface area contributed by atoms with Crippen molar-refractivity contribution in [2.45, 2.75) is 19.3 Å². The molecule has 118 valence electrons. The van der Waals surface area contributed by atoms with Crippen LogP contribution in [0.2, 0.25) is 0 Å². The van der Waals surface area contributed by atoms with Crippen LogP contribution in [-0.4, -0.2) is 18.5 Å². The van der Waals surface area contributed by atoms with E-state index in [1.807, 2.05) is 23.6 Å². The molecule has 1 N–H and O–H groups in total. The van der Waals surface area contributed by atoms with Crippen molar-refractivity contribution in [1.29, 1.82) is 5.26 Å². The summed E-state index contributed by atoms with van der Waals surface area (Å²) in [6, 6.07) is 12.5. The highest BCUT2D eigenvalue weighted by atomic mass is 32.1. The van der Waals surface area contributed by atoms with Crippen molar-refractivity contribution in [2.75, 3.05) is 11.9 Å². The average molecular weight is 328 g/mol. The summed E-state index contributed by atoms with van der Waals surface area (Å²) >= 11 is 1.66. The zero-order valence-electron chi connectivity index (χ0n) is 12.5. The van der Waals surface area contributed by atoms with E-state index in [0.29, 0.717) is 17.7 Å². The van der Waals surface area contributed by atoms with E-state index >= 15 is 0 Å². The van der Waals surface area contributed by atoms with Gasteiger partial charge in [-0.25, -0.2) is 0 Å². The average Bonchev–Trinajstić information content (AvgIpc) is 3.06. The lowest BCUT2D eigenvalue weighted by Gasteiger charge is -2.06. The van der Waals surface area contributed by atoms with Crippen LogP contribution in [0, 0.1) is 11.3 Å². The van der Waals surface area contributed by atoms with E-state index < -0.39 is 5.91 Å². The van der Waals surface area contributed by atoms with Gasteiger partial charge in [0.05, 0.1) is 11.6 Å². The van der Waals surface area contributed by atoms with Gasteiger partial charge in [-0.05, 0) is 42.5 Å². The van der Waals surface area contributed by atoms with E-state index in [0.717, 1.165) is 6.42 Å². The minimum atomic E-state index is -0.424. The predicted octanol–water partition coefficient (Wildman–Crippen LogP) is 3.12. The van der Waals surface area contributed by atoms with Crippen molar-refractivity contribution in [3.05, 3.63) is 52.2 Å². The molecule has 0 radical (unpaired) electrons. The molecule has 0 spiro atoms. The third kappa shape index (κ3) is 5.93. The lowest BCUT2D eigenvalue weighted by atomic mass is 10.2. The van der Waals surface area contributed by atoms with Gasteiger partial charge in [0.1, 0.15) is 0 Å². The zero-order valence-corrected chi connectivity index (χ0v) is 13.3. The third-order valence-electron chi connectivity index (χ3n) is 3.02. The first-order valence-corrected chi connectivity index (χ1v) is 8.03. The Labute approximate surface area is 138 Å². The van der Waals surface area contributed by atoms with Crippen LogP contribution in [0.25, 0.3) is 0 Å². The fourth-order valence-electron chi connectivity index (χ4n) is 1.94. The lowest BCUT2D eigenvalue weighted by molar-refractivity contribution is -0.147. The summed E-state index contributed by atoms with van der Waals surface area (Å²) in [5.41, 5.74) is 0.955. The molecule has 1 aromatic heterocycles. The molecule has 0 bridgehead atoms. The molecule has 0 fully saturated rings. The minimum Gasteiger partial charge on any atom is -0.456 e. The quantitative estimate of drug-likeness (QED) is 0.792. The Morgan fingerprint density at radius 1 is 1.26 bits per heavy atom. The Morgan fingerprint density at radius 2 is 2.13 bits per heavy atom. The number of esters is 1. The van der Waals surface area contributed by atoms with Gasteiger partial charge >= 0.3 is 5.97 Å². The van der Waals surface area contributed by atoms with Crippen molar-refractivity contribution < 1.29 is 14.3 Å². The second-order valence-electron chi connectivity index (χ2n) is 4.83. The third-order valence-corrected chi connectivity index (χ3v) is 3.96. The number of ether oxygens (including phenoxy) is 1. The van der Waals surface area contributed by atoms with Gasteiger partial charge in [0.15, 0.2) is 6.61 Å². The molecule has 0 aliphatic rings. The SMILES string of the molecule is N#Cc1cccc(NC(=O)COC(=O)CCCc2cccs2)c1. The molecule has 0 unspecified atom stereocenters. The number of benzene rings is 1. The number of nitrogens with zero attached hydrogens (tertiary/aromatic N) is 1. The number of aryl methyl sites for hydroxylation is 1. The van der Waals surface area contributed by atoms with Crippen LogP contribution < -0.4 is 5.32 Å². The van der Waals surface area contributed by atoms with Crippen molar-refractivity contribution in [1.82, 2.24) is 0 Å². The van der Waals surface area contributed by atoms with E-state index in [9.17, 15) is 9.59 Å². The maximum atomic E-state index is 11.7. The fraction of sp³-hybridized carbons (Fsp3) is 0.235. The number of nitriles is 1. The van der Waals surface area contributed by atoms with Crippen molar-refractivity contribution in [3.63, 3.8) is 0 Å². The molecule has 6 heteroatoms. The molecule has 2 aromatic rings. The molecule has 1 amide bonds. The maximum Gasteiger partial charge on any atom is 0.306 e. The van der Waals surface area contributed by atoms with E-state index in [2.05, 4.69) is 5.32 Å². The first kappa shape index (κ1) is 16.7. The van der Waals surface area contributed by atoms with Crippen LogP contribution in [0.5, 0.6) is 0 Å². The summed E-state index contributed by atoms with van der Waals surface area (Å²) < 4.78 is 4.94. The molecule has 1 aromatic carbocycles. The second-order valence-corrected chi connectivity index (χ2v) is 5.87. The Bertz CT molecular complexity index is 705. The minimum absolute atomic E-state index is 0.287. The highest BCUT2D eigenvalue weighted by Crippen LogP contribution is 2.12. The summed E-state index contributed by atoms with van der Waals surface area (Å²) in [7, 11) is 0. The molecule has 0 atom stereocenters. The van der Waals surface area contributed by atoms with Crippen LogP contribution in [0.1, 0.15) is 23.3 Å². The lowest BCUT2D eigenvalue weighted by Crippen LogP contribution is -2.20. The number of thiophene rings is 1. The van der Waals surface area contributed by atoms with Gasteiger partial charge in [-0.2, -0.15) is 5.26 Å². The van der Waals surface area contributed by atoms with Gasteiger partial charge in [0.2, 0.25) is 0 Å². The van der Waals surface area contributed by atoms with Crippen LogP contribution in [0.4, 0.5) is 5.69 Å². The smallest absolute Gasteiger partial charge is 0.306 e. The van der Waals surface area contributed by atoms with E-state index in [1.54, 1.807) is 35.6 Å². The molecule has 5 nitrogen and oxygen atoms in total. The molecular formula is C17H16N2O3S. The highest BCUT2D eigenvalue weighted by Gasteiger charge is 2.08. The van der Waals surface area contributed by atoms with Gasteiger partial charge in [0.25, 0.3) is 5.91 Å². The largest absolute Gasteiger partial charge is 0.456 e. The number of anilines is 1. The molecule has 23 heavy (non-hydrogen) atoms. The van der Waals surface area contributed by atoms with E-state index in [-0.39, 0.29) is 19.0 Å². The summed E-state index contributed by atoms with van der Waals surface area (Å²) in [6.07, 6.45) is 1.82. The molecule has 0 aliphatic carbocycles. The van der Waals surface area contributed by atoms with Gasteiger partial charge < -0.3 is 10.1 Å². The number of rotatable bonds is 7. The normalized spacial score (nSPS) is 9.87. The Morgan fingerprint density at radius 3 is 2.87 bits per heavy atom. The number of hydrogen-bond donors (Lipinski definition) is 1. The first-order chi connectivity index (χ1) is 11.2. The van der Waals surface area contributed by atoms with Gasteiger partial charge in [-0.3, -0.25) is 9.59 Å². The number of carbonyl (C=O) groups is 2. The first-order valence-electron chi connectivity index (χ1n) is 7.15. The zero-order chi connectivity index (χ0) is 16.5. The molecule has 2 rings (SSSR count). The van der Waals surface area contributed by atoms with Crippen LogP contribution in [0.3, 0.4) is 0 Å². The van der Waals surface area contributed by atoms with Crippen LogP contribution in [-0.2, 0) is 20.7 Å². The molecular weight excluding hydrogens is 312 g/mol.